The van der Waals surface area contributed by atoms with Gasteiger partial charge in [0.1, 0.15) is 0 Å². The average Bonchev–Trinajstić information content (AvgIpc) is 2.35. The monoisotopic (exact) mass is 248 g/mol. The second-order valence-corrected chi connectivity index (χ2v) is 5.90. The summed E-state index contributed by atoms with van der Waals surface area (Å²) in [6.45, 7) is 7.36. The summed E-state index contributed by atoms with van der Waals surface area (Å²) in [6, 6.07) is 4.58. The van der Waals surface area contributed by atoms with Crippen molar-refractivity contribution in [1.29, 1.82) is 0 Å². The lowest BCUT2D eigenvalue weighted by Gasteiger charge is -2.35. The van der Waals surface area contributed by atoms with Gasteiger partial charge in [-0.1, -0.05) is 13.8 Å². The lowest BCUT2D eigenvalue weighted by Crippen LogP contribution is -2.29. The zero-order chi connectivity index (χ0) is 13.0. The third-order valence-electron chi connectivity index (χ3n) is 3.74. The van der Waals surface area contributed by atoms with Crippen LogP contribution in [0.15, 0.2) is 18.3 Å². The van der Waals surface area contributed by atoms with Crippen molar-refractivity contribution in [3.05, 3.63) is 18.3 Å². The predicted octanol–water partition coefficient (Wildman–Crippen LogP) is 3.86. The molecular formula is C15H24N2O. The number of hydrogen-bond acceptors (Lipinski definition) is 3. The van der Waals surface area contributed by atoms with E-state index in [0.29, 0.717) is 23.9 Å². The molecule has 1 aliphatic rings. The van der Waals surface area contributed by atoms with Gasteiger partial charge < -0.3 is 10.1 Å². The van der Waals surface area contributed by atoms with Crippen LogP contribution in [0, 0.1) is 5.41 Å². The number of nitrogens with one attached hydrogen (secondary N) is 1. The van der Waals surface area contributed by atoms with Crippen molar-refractivity contribution in [2.45, 2.75) is 52.5 Å². The first-order valence-electron chi connectivity index (χ1n) is 6.94. The first-order valence-corrected chi connectivity index (χ1v) is 6.94. The Morgan fingerprint density at radius 3 is 2.61 bits per heavy atom. The molecule has 1 aliphatic carbocycles. The fourth-order valence-electron chi connectivity index (χ4n) is 2.48. The number of rotatable bonds is 4. The van der Waals surface area contributed by atoms with Gasteiger partial charge in [0.15, 0.2) is 0 Å². The number of hydrogen-bond donors (Lipinski definition) is 1. The molecule has 0 aromatic carbocycles. The molecular weight excluding hydrogens is 224 g/mol. The molecule has 0 saturated heterocycles. The van der Waals surface area contributed by atoms with Crippen LogP contribution in [-0.4, -0.2) is 17.6 Å². The molecule has 0 bridgehead atoms. The molecule has 0 unspecified atom stereocenters. The summed E-state index contributed by atoms with van der Waals surface area (Å²) < 4.78 is 5.34. The van der Waals surface area contributed by atoms with E-state index < -0.39 is 0 Å². The van der Waals surface area contributed by atoms with Gasteiger partial charge in [0, 0.05) is 12.1 Å². The molecule has 0 aliphatic heterocycles. The van der Waals surface area contributed by atoms with Crippen LogP contribution in [0.25, 0.3) is 0 Å². The Morgan fingerprint density at radius 2 is 2.06 bits per heavy atom. The van der Waals surface area contributed by atoms with Crippen molar-refractivity contribution in [1.82, 2.24) is 4.98 Å². The van der Waals surface area contributed by atoms with Crippen LogP contribution in [0.1, 0.15) is 46.5 Å². The van der Waals surface area contributed by atoms with E-state index in [1.807, 2.05) is 19.2 Å². The quantitative estimate of drug-likeness (QED) is 0.878. The molecule has 2 rings (SSSR count). The molecule has 3 heteroatoms. The van der Waals surface area contributed by atoms with Crippen molar-refractivity contribution < 1.29 is 4.74 Å². The maximum atomic E-state index is 5.34. The van der Waals surface area contributed by atoms with E-state index in [1.165, 1.54) is 25.7 Å². The van der Waals surface area contributed by atoms with Crippen molar-refractivity contribution in [3.63, 3.8) is 0 Å². The third-order valence-corrected chi connectivity index (χ3v) is 3.74. The van der Waals surface area contributed by atoms with Gasteiger partial charge >= 0.3 is 0 Å². The van der Waals surface area contributed by atoms with E-state index >= 15 is 0 Å². The Bertz CT molecular complexity index is 363. The Balaban J connectivity index is 1.86. The van der Waals surface area contributed by atoms with Gasteiger partial charge in [0.2, 0.25) is 5.88 Å². The predicted molar refractivity (Wildman–Crippen MR) is 75.1 cm³/mol. The average molecular weight is 248 g/mol. The molecule has 0 amide bonds. The van der Waals surface area contributed by atoms with E-state index in [0.717, 1.165) is 5.69 Å². The standard InChI is InChI=1S/C15H24N2O/c1-4-18-14-6-5-13(11-16-14)17-12-7-9-15(2,3)10-8-12/h5-6,11-12,17H,4,7-10H2,1-3H3. The number of pyridine rings is 1. The second-order valence-electron chi connectivity index (χ2n) is 5.90. The first kappa shape index (κ1) is 13.2. The molecule has 1 aromatic heterocycles. The SMILES string of the molecule is CCOc1ccc(NC2CCC(C)(C)CC2)cn1. The fourth-order valence-corrected chi connectivity index (χ4v) is 2.48. The van der Waals surface area contributed by atoms with Crippen molar-refractivity contribution in [2.24, 2.45) is 5.41 Å². The Labute approximate surface area is 110 Å². The molecule has 0 radical (unpaired) electrons. The summed E-state index contributed by atoms with van der Waals surface area (Å²) in [7, 11) is 0. The minimum absolute atomic E-state index is 0.523. The maximum absolute atomic E-state index is 5.34. The normalized spacial score (nSPS) is 19.5. The zero-order valence-corrected chi connectivity index (χ0v) is 11.7. The lowest BCUT2D eigenvalue weighted by atomic mass is 9.75. The first-order chi connectivity index (χ1) is 8.59. The zero-order valence-electron chi connectivity index (χ0n) is 11.7. The third kappa shape index (κ3) is 3.62. The highest BCUT2D eigenvalue weighted by atomic mass is 16.5. The van der Waals surface area contributed by atoms with Crippen LogP contribution >= 0.6 is 0 Å². The number of nitrogens with zero attached hydrogens (tertiary/aromatic N) is 1. The molecule has 1 heterocycles. The van der Waals surface area contributed by atoms with Gasteiger partial charge in [-0.3, -0.25) is 0 Å². The Hall–Kier alpha value is -1.25. The molecule has 3 nitrogen and oxygen atoms in total. The molecule has 1 N–H and O–H groups in total. The van der Waals surface area contributed by atoms with Gasteiger partial charge in [0.05, 0.1) is 18.5 Å². The second kappa shape index (κ2) is 5.59. The van der Waals surface area contributed by atoms with Crippen LogP contribution in [0.3, 0.4) is 0 Å². The maximum Gasteiger partial charge on any atom is 0.213 e. The van der Waals surface area contributed by atoms with E-state index in [1.54, 1.807) is 0 Å². The molecule has 100 valence electrons. The molecule has 1 fully saturated rings. The lowest BCUT2D eigenvalue weighted by molar-refractivity contribution is 0.232. The fraction of sp³-hybridized carbons (Fsp3) is 0.667. The Morgan fingerprint density at radius 1 is 1.33 bits per heavy atom. The topological polar surface area (TPSA) is 34.1 Å². The number of anilines is 1. The van der Waals surface area contributed by atoms with Crippen molar-refractivity contribution in [2.75, 3.05) is 11.9 Å². The molecule has 1 aromatic rings. The van der Waals surface area contributed by atoms with Crippen molar-refractivity contribution >= 4 is 5.69 Å². The molecule has 1 saturated carbocycles. The summed E-state index contributed by atoms with van der Waals surface area (Å²) in [6.07, 6.45) is 6.97. The highest BCUT2D eigenvalue weighted by Crippen LogP contribution is 2.36. The summed E-state index contributed by atoms with van der Waals surface area (Å²) >= 11 is 0. The highest BCUT2D eigenvalue weighted by molar-refractivity contribution is 5.43. The van der Waals surface area contributed by atoms with Crippen LogP contribution in [0.4, 0.5) is 5.69 Å². The molecule has 0 spiro atoms. The van der Waals surface area contributed by atoms with Gasteiger partial charge in [0.25, 0.3) is 0 Å². The van der Waals surface area contributed by atoms with Crippen LogP contribution in [-0.2, 0) is 0 Å². The van der Waals surface area contributed by atoms with Gasteiger partial charge in [-0.15, -0.1) is 0 Å². The van der Waals surface area contributed by atoms with Crippen LogP contribution < -0.4 is 10.1 Å². The van der Waals surface area contributed by atoms with E-state index in [2.05, 4.69) is 30.2 Å². The summed E-state index contributed by atoms with van der Waals surface area (Å²) in [4.78, 5) is 4.28. The van der Waals surface area contributed by atoms with Gasteiger partial charge in [-0.05, 0) is 44.1 Å². The summed E-state index contributed by atoms with van der Waals surface area (Å²) in [5, 5.41) is 3.57. The number of ether oxygens (including phenoxy) is 1. The van der Waals surface area contributed by atoms with Gasteiger partial charge in [-0.25, -0.2) is 4.98 Å². The van der Waals surface area contributed by atoms with Crippen LogP contribution in [0.5, 0.6) is 5.88 Å². The smallest absolute Gasteiger partial charge is 0.213 e. The van der Waals surface area contributed by atoms with Gasteiger partial charge in [-0.2, -0.15) is 0 Å². The van der Waals surface area contributed by atoms with E-state index in [9.17, 15) is 0 Å². The van der Waals surface area contributed by atoms with E-state index in [4.69, 9.17) is 4.74 Å². The van der Waals surface area contributed by atoms with Crippen molar-refractivity contribution in [3.8, 4) is 5.88 Å². The highest BCUT2D eigenvalue weighted by Gasteiger charge is 2.26. The molecule has 0 atom stereocenters. The molecule has 18 heavy (non-hydrogen) atoms. The Kier molecular flexibility index (Phi) is 4.10. The van der Waals surface area contributed by atoms with E-state index in [-0.39, 0.29) is 0 Å². The summed E-state index contributed by atoms with van der Waals surface area (Å²) in [5.74, 6) is 0.702. The van der Waals surface area contributed by atoms with Crippen LogP contribution in [0.2, 0.25) is 0 Å². The minimum Gasteiger partial charge on any atom is -0.478 e. The largest absolute Gasteiger partial charge is 0.478 e. The minimum atomic E-state index is 0.523. The summed E-state index contributed by atoms with van der Waals surface area (Å²) in [5.41, 5.74) is 1.62. The number of aromatic nitrogens is 1.